The van der Waals surface area contributed by atoms with Crippen molar-refractivity contribution in [3.8, 4) is 0 Å². The molecule has 0 fully saturated rings. The summed E-state index contributed by atoms with van der Waals surface area (Å²) >= 11 is 1.55. The Kier molecular flexibility index (Phi) is 5.88. The average molecular weight is 285 g/mol. The van der Waals surface area contributed by atoms with Crippen molar-refractivity contribution in [2.75, 3.05) is 12.0 Å². The third kappa shape index (κ3) is 4.27. The summed E-state index contributed by atoms with van der Waals surface area (Å²) in [5.41, 5.74) is 1.12. The molecular formula is C12H19N3O3S. The van der Waals surface area contributed by atoms with E-state index in [1.54, 1.807) is 29.7 Å². The molecule has 106 valence electrons. The minimum absolute atomic E-state index is 0.376. The topological polar surface area (TPSA) is 84.2 Å². The Balaban J connectivity index is 2.78. The monoisotopic (exact) mass is 285 g/mol. The number of carbonyl (C=O) groups excluding carboxylic acids is 1. The van der Waals surface area contributed by atoms with Crippen LogP contribution in [0.2, 0.25) is 0 Å². The number of hydrogen-bond donors (Lipinski definition) is 2. The molecule has 1 amide bonds. The number of aliphatic carboxylic acids is 1. The smallest absolute Gasteiger partial charge is 0.326 e. The summed E-state index contributed by atoms with van der Waals surface area (Å²) in [5, 5.41) is 15.8. The molecule has 0 saturated heterocycles. The zero-order valence-corrected chi connectivity index (χ0v) is 12.2. The maximum absolute atomic E-state index is 12.1. The minimum atomic E-state index is -1.01. The Bertz CT molecular complexity index is 459. The van der Waals surface area contributed by atoms with Crippen LogP contribution >= 0.6 is 11.8 Å². The number of carboxylic acid groups (broad SMARTS) is 1. The number of carboxylic acids is 1. The Morgan fingerprint density at radius 3 is 2.79 bits per heavy atom. The van der Waals surface area contributed by atoms with Crippen molar-refractivity contribution in [1.29, 1.82) is 0 Å². The van der Waals surface area contributed by atoms with Gasteiger partial charge in [-0.15, -0.1) is 0 Å². The summed E-state index contributed by atoms with van der Waals surface area (Å²) in [6.45, 7) is 1.90. The van der Waals surface area contributed by atoms with Gasteiger partial charge in [-0.3, -0.25) is 9.48 Å². The van der Waals surface area contributed by atoms with Gasteiger partial charge in [-0.05, 0) is 24.9 Å². The maximum Gasteiger partial charge on any atom is 0.326 e. The third-order valence-electron chi connectivity index (χ3n) is 2.70. The van der Waals surface area contributed by atoms with Crippen molar-refractivity contribution in [1.82, 2.24) is 15.1 Å². The molecule has 1 unspecified atom stereocenters. The van der Waals surface area contributed by atoms with Crippen LogP contribution in [0.25, 0.3) is 0 Å². The van der Waals surface area contributed by atoms with Crippen LogP contribution in [0.1, 0.15) is 29.4 Å². The van der Waals surface area contributed by atoms with Crippen molar-refractivity contribution in [3.63, 3.8) is 0 Å². The number of thioether (sulfide) groups is 1. The molecule has 0 aromatic carbocycles. The molecule has 0 aliphatic rings. The van der Waals surface area contributed by atoms with E-state index in [2.05, 4.69) is 10.4 Å². The number of carbonyl (C=O) groups is 2. The molecule has 1 aromatic heterocycles. The Morgan fingerprint density at radius 2 is 2.26 bits per heavy atom. The van der Waals surface area contributed by atoms with Gasteiger partial charge in [0.1, 0.15) is 6.04 Å². The first-order chi connectivity index (χ1) is 8.99. The van der Waals surface area contributed by atoms with Crippen LogP contribution < -0.4 is 5.32 Å². The lowest BCUT2D eigenvalue weighted by Gasteiger charge is -2.13. The highest BCUT2D eigenvalue weighted by molar-refractivity contribution is 7.98. The van der Waals surface area contributed by atoms with Gasteiger partial charge in [0.2, 0.25) is 0 Å². The van der Waals surface area contributed by atoms with Gasteiger partial charge in [0.15, 0.2) is 0 Å². The van der Waals surface area contributed by atoms with E-state index < -0.39 is 12.0 Å². The normalized spacial score (nSPS) is 12.2. The van der Waals surface area contributed by atoms with Crippen LogP contribution in [0, 0.1) is 0 Å². The SMILES string of the molecule is CCc1nn(C)cc1C(=O)NC(CCSC)C(=O)O. The number of nitrogens with zero attached hydrogens (tertiary/aromatic N) is 2. The average Bonchev–Trinajstić information content (AvgIpc) is 2.75. The first-order valence-electron chi connectivity index (χ1n) is 6.04. The molecule has 1 aromatic rings. The van der Waals surface area contributed by atoms with Crippen molar-refractivity contribution in [2.24, 2.45) is 7.05 Å². The predicted molar refractivity (Wildman–Crippen MR) is 74.5 cm³/mol. The number of hydrogen-bond acceptors (Lipinski definition) is 4. The summed E-state index contributed by atoms with van der Waals surface area (Å²) in [7, 11) is 1.73. The summed E-state index contributed by atoms with van der Waals surface area (Å²) in [6, 6.07) is -0.857. The highest BCUT2D eigenvalue weighted by Gasteiger charge is 2.22. The zero-order valence-electron chi connectivity index (χ0n) is 11.3. The maximum atomic E-state index is 12.1. The zero-order chi connectivity index (χ0) is 14.4. The first-order valence-corrected chi connectivity index (χ1v) is 7.44. The lowest BCUT2D eigenvalue weighted by molar-refractivity contribution is -0.139. The second-order valence-corrected chi connectivity index (χ2v) is 5.15. The molecule has 0 aliphatic heterocycles. The molecule has 7 heteroatoms. The van der Waals surface area contributed by atoms with E-state index in [-0.39, 0.29) is 5.91 Å². The largest absolute Gasteiger partial charge is 0.480 e. The van der Waals surface area contributed by atoms with Gasteiger partial charge in [0, 0.05) is 13.2 Å². The lowest BCUT2D eigenvalue weighted by Crippen LogP contribution is -2.41. The fourth-order valence-corrected chi connectivity index (χ4v) is 2.19. The molecule has 0 saturated carbocycles. The van der Waals surface area contributed by atoms with Crippen molar-refractivity contribution in [2.45, 2.75) is 25.8 Å². The standard InChI is InChI=1S/C12H19N3O3S/c1-4-9-8(7-15(2)14-9)11(16)13-10(12(17)18)5-6-19-3/h7,10H,4-6H2,1-3H3,(H,13,16)(H,17,18). The quantitative estimate of drug-likeness (QED) is 0.778. The summed E-state index contributed by atoms with van der Waals surface area (Å²) in [4.78, 5) is 23.2. The summed E-state index contributed by atoms with van der Waals surface area (Å²) in [6.07, 6.45) is 4.55. The van der Waals surface area contributed by atoms with Crippen molar-refractivity contribution < 1.29 is 14.7 Å². The van der Waals surface area contributed by atoms with E-state index >= 15 is 0 Å². The fraction of sp³-hybridized carbons (Fsp3) is 0.583. The van der Waals surface area contributed by atoms with Crippen LogP contribution in [0.5, 0.6) is 0 Å². The molecule has 6 nitrogen and oxygen atoms in total. The molecule has 1 rings (SSSR count). The highest BCUT2D eigenvalue weighted by atomic mass is 32.2. The molecule has 0 spiro atoms. The van der Waals surface area contributed by atoms with E-state index in [0.29, 0.717) is 29.9 Å². The second-order valence-electron chi connectivity index (χ2n) is 4.16. The molecule has 0 bridgehead atoms. The van der Waals surface area contributed by atoms with Crippen molar-refractivity contribution in [3.05, 3.63) is 17.5 Å². The van der Waals surface area contributed by atoms with Gasteiger partial charge in [-0.25, -0.2) is 4.79 Å². The predicted octanol–water partition coefficient (Wildman–Crippen LogP) is 0.919. The van der Waals surface area contributed by atoms with Crippen LogP contribution in [0.3, 0.4) is 0 Å². The fourth-order valence-electron chi connectivity index (χ4n) is 1.71. The highest BCUT2D eigenvalue weighted by Crippen LogP contribution is 2.09. The molecule has 19 heavy (non-hydrogen) atoms. The lowest BCUT2D eigenvalue weighted by atomic mass is 10.1. The Labute approximate surface area is 116 Å². The second kappa shape index (κ2) is 7.18. The number of amides is 1. The van der Waals surface area contributed by atoms with Gasteiger partial charge < -0.3 is 10.4 Å². The van der Waals surface area contributed by atoms with E-state index in [1.165, 1.54) is 0 Å². The van der Waals surface area contributed by atoms with Crippen LogP contribution in [0.4, 0.5) is 0 Å². The van der Waals surface area contributed by atoms with Gasteiger partial charge in [0.25, 0.3) is 5.91 Å². The molecule has 0 radical (unpaired) electrons. The van der Waals surface area contributed by atoms with E-state index in [1.807, 2.05) is 13.2 Å². The van der Waals surface area contributed by atoms with Crippen molar-refractivity contribution >= 4 is 23.6 Å². The molecule has 0 aliphatic carbocycles. The molecule has 2 N–H and O–H groups in total. The van der Waals surface area contributed by atoms with Crippen LogP contribution in [-0.4, -0.2) is 44.8 Å². The number of aryl methyl sites for hydroxylation is 2. The van der Waals surface area contributed by atoms with Gasteiger partial charge in [-0.2, -0.15) is 16.9 Å². The first kappa shape index (κ1) is 15.6. The van der Waals surface area contributed by atoms with Crippen LogP contribution in [0.15, 0.2) is 6.20 Å². The number of aromatic nitrogens is 2. The van der Waals surface area contributed by atoms with Crippen LogP contribution in [-0.2, 0) is 18.3 Å². The molecule has 1 heterocycles. The van der Waals surface area contributed by atoms with Gasteiger partial charge in [-0.1, -0.05) is 6.92 Å². The summed E-state index contributed by atoms with van der Waals surface area (Å²) in [5.74, 6) is -0.701. The van der Waals surface area contributed by atoms with Gasteiger partial charge >= 0.3 is 5.97 Å². The third-order valence-corrected chi connectivity index (χ3v) is 3.34. The number of nitrogens with one attached hydrogen (secondary N) is 1. The number of rotatable bonds is 7. The summed E-state index contributed by atoms with van der Waals surface area (Å²) < 4.78 is 1.56. The minimum Gasteiger partial charge on any atom is -0.480 e. The van der Waals surface area contributed by atoms with E-state index in [9.17, 15) is 9.59 Å². The molecule has 1 atom stereocenters. The van der Waals surface area contributed by atoms with E-state index in [4.69, 9.17) is 5.11 Å². The van der Waals surface area contributed by atoms with Gasteiger partial charge in [0.05, 0.1) is 11.3 Å². The Hall–Kier alpha value is -1.50. The van der Waals surface area contributed by atoms with E-state index in [0.717, 1.165) is 0 Å². The molecular weight excluding hydrogens is 266 g/mol. The Morgan fingerprint density at radius 1 is 1.58 bits per heavy atom.